The summed E-state index contributed by atoms with van der Waals surface area (Å²) in [5.74, 6) is -0.227. The molecule has 0 spiro atoms. The molecule has 0 aliphatic rings. The number of methoxy groups -OCH3 is 1. The Hall–Kier alpha value is -3.20. The van der Waals surface area contributed by atoms with E-state index in [1.54, 1.807) is 32.4 Å². The number of aryl methyl sites for hydroxylation is 1. The first-order chi connectivity index (χ1) is 14.9. The second kappa shape index (κ2) is 10.2. The topological polar surface area (TPSA) is 90.7 Å². The number of esters is 1. The number of aromatic nitrogens is 2. The Bertz CT molecular complexity index is 1160. The van der Waals surface area contributed by atoms with Crippen LogP contribution < -0.4 is 10.3 Å². The van der Waals surface area contributed by atoms with Gasteiger partial charge >= 0.3 is 5.97 Å². The number of hydrogen-bond donors (Lipinski definition) is 0. The van der Waals surface area contributed by atoms with Crippen molar-refractivity contribution in [1.29, 1.82) is 0 Å². The van der Waals surface area contributed by atoms with Gasteiger partial charge in [-0.3, -0.25) is 19.0 Å². The zero-order chi connectivity index (χ0) is 22.4. The van der Waals surface area contributed by atoms with Gasteiger partial charge in [-0.1, -0.05) is 34.1 Å². The van der Waals surface area contributed by atoms with E-state index in [0.29, 0.717) is 23.2 Å². The molecule has 8 nitrogen and oxygen atoms in total. The fourth-order valence-electron chi connectivity index (χ4n) is 3.00. The summed E-state index contributed by atoms with van der Waals surface area (Å²) in [7, 11) is 3.19. The highest BCUT2D eigenvalue weighted by molar-refractivity contribution is 9.10. The van der Waals surface area contributed by atoms with Crippen LogP contribution in [0.25, 0.3) is 10.9 Å². The van der Waals surface area contributed by atoms with Gasteiger partial charge in [0.2, 0.25) is 0 Å². The number of nitrogens with zero attached hydrogens (tertiary/aromatic N) is 3. The van der Waals surface area contributed by atoms with E-state index in [1.807, 2.05) is 24.3 Å². The van der Waals surface area contributed by atoms with Crippen molar-refractivity contribution >= 4 is 38.7 Å². The summed E-state index contributed by atoms with van der Waals surface area (Å²) < 4.78 is 12.5. The molecule has 0 N–H and O–H groups in total. The molecular weight excluding hydrogens is 466 g/mol. The third-order valence-corrected chi connectivity index (χ3v) is 5.22. The van der Waals surface area contributed by atoms with Crippen LogP contribution in [0, 0.1) is 0 Å². The maximum atomic E-state index is 12.6. The lowest BCUT2D eigenvalue weighted by molar-refractivity contribution is -0.151. The summed E-state index contributed by atoms with van der Waals surface area (Å²) in [5, 5.41) is 0.457. The molecule has 0 radical (unpaired) electrons. The SMILES string of the molecule is COc1ccccc1CN(C)C(=O)COC(=O)CCn1cnc2ccc(Br)cc2c1=O. The fraction of sp³-hybridized carbons (Fsp3) is 0.273. The number of rotatable bonds is 8. The molecule has 0 saturated carbocycles. The number of carbonyl (C=O) groups excluding carboxylic acids is 2. The van der Waals surface area contributed by atoms with Crippen LogP contribution in [-0.2, 0) is 27.4 Å². The van der Waals surface area contributed by atoms with Crippen LogP contribution in [0.4, 0.5) is 0 Å². The Kier molecular flexibility index (Phi) is 7.41. The molecule has 162 valence electrons. The lowest BCUT2D eigenvalue weighted by Gasteiger charge is -2.18. The summed E-state index contributed by atoms with van der Waals surface area (Å²) in [6.07, 6.45) is 1.35. The average Bonchev–Trinajstić information content (AvgIpc) is 2.77. The van der Waals surface area contributed by atoms with E-state index in [-0.39, 0.29) is 31.0 Å². The standard InChI is InChI=1S/C22H22BrN3O5/c1-25(12-15-5-3-4-6-19(15)30-2)20(27)13-31-21(28)9-10-26-14-24-18-8-7-16(23)11-17(18)22(26)29/h3-8,11,14H,9-10,12-13H2,1-2H3. The van der Waals surface area contributed by atoms with Crippen molar-refractivity contribution in [3.05, 3.63) is 69.2 Å². The molecule has 0 bridgehead atoms. The van der Waals surface area contributed by atoms with Crippen LogP contribution in [-0.4, -0.2) is 47.1 Å². The van der Waals surface area contributed by atoms with Gasteiger partial charge in [-0.15, -0.1) is 0 Å². The first-order valence-corrected chi connectivity index (χ1v) is 10.3. The van der Waals surface area contributed by atoms with E-state index in [4.69, 9.17) is 9.47 Å². The number of halogens is 1. The van der Waals surface area contributed by atoms with Crippen molar-refractivity contribution in [2.45, 2.75) is 19.5 Å². The number of benzene rings is 2. The molecule has 2 aromatic carbocycles. The smallest absolute Gasteiger partial charge is 0.308 e. The van der Waals surface area contributed by atoms with E-state index in [2.05, 4.69) is 20.9 Å². The van der Waals surface area contributed by atoms with E-state index in [0.717, 1.165) is 10.0 Å². The van der Waals surface area contributed by atoms with Crippen molar-refractivity contribution in [3.8, 4) is 5.75 Å². The van der Waals surface area contributed by atoms with Crippen molar-refractivity contribution < 1.29 is 19.1 Å². The quantitative estimate of drug-likeness (QED) is 0.453. The van der Waals surface area contributed by atoms with Crippen molar-refractivity contribution in [2.24, 2.45) is 0 Å². The number of ether oxygens (including phenoxy) is 2. The van der Waals surface area contributed by atoms with Crippen molar-refractivity contribution in [3.63, 3.8) is 0 Å². The maximum Gasteiger partial charge on any atom is 0.308 e. The Labute approximate surface area is 187 Å². The molecule has 0 unspecified atom stereocenters. The minimum Gasteiger partial charge on any atom is -0.496 e. The van der Waals surface area contributed by atoms with Crippen LogP contribution in [0.15, 0.2) is 58.1 Å². The van der Waals surface area contributed by atoms with E-state index in [9.17, 15) is 14.4 Å². The number of para-hydroxylation sites is 1. The van der Waals surface area contributed by atoms with Crippen LogP contribution in [0.5, 0.6) is 5.75 Å². The molecule has 3 aromatic rings. The zero-order valence-corrected chi connectivity index (χ0v) is 18.8. The number of amides is 1. The zero-order valence-electron chi connectivity index (χ0n) is 17.2. The van der Waals surface area contributed by atoms with Crippen LogP contribution in [0.1, 0.15) is 12.0 Å². The minimum atomic E-state index is -0.569. The Morgan fingerprint density at radius 3 is 2.74 bits per heavy atom. The molecule has 1 amide bonds. The van der Waals surface area contributed by atoms with Gasteiger partial charge in [0.15, 0.2) is 6.61 Å². The lowest BCUT2D eigenvalue weighted by atomic mass is 10.2. The van der Waals surface area contributed by atoms with E-state index >= 15 is 0 Å². The third-order valence-electron chi connectivity index (χ3n) is 4.73. The number of carbonyl (C=O) groups is 2. The van der Waals surface area contributed by atoms with Crippen LogP contribution in [0.3, 0.4) is 0 Å². The highest BCUT2D eigenvalue weighted by Crippen LogP contribution is 2.19. The molecule has 0 aliphatic carbocycles. The van der Waals surface area contributed by atoms with Gasteiger partial charge < -0.3 is 14.4 Å². The summed E-state index contributed by atoms with van der Waals surface area (Å²) in [6, 6.07) is 12.6. The van der Waals surface area contributed by atoms with Crippen molar-refractivity contribution in [2.75, 3.05) is 20.8 Å². The van der Waals surface area contributed by atoms with Crippen LogP contribution in [0.2, 0.25) is 0 Å². The van der Waals surface area contributed by atoms with Gasteiger partial charge in [-0.2, -0.15) is 0 Å². The normalized spacial score (nSPS) is 10.7. The average molecular weight is 488 g/mol. The number of likely N-dealkylation sites (N-methyl/N-ethyl adjacent to an activating group) is 1. The molecule has 3 rings (SSSR count). The van der Waals surface area contributed by atoms with Crippen LogP contribution >= 0.6 is 15.9 Å². The van der Waals surface area contributed by atoms with Gasteiger partial charge in [0, 0.05) is 30.2 Å². The van der Waals surface area contributed by atoms with E-state index in [1.165, 1.54) is 15.8 Å². The highest BCUT2D eigenvalue weighted by Gasteiger charge is 2.15. The molecule has 1 heterocycles. The summed E-state index contributed by atoms with van der Waals surface area (Å²) in [4.78, 5) is 42.6. The minimum absolute atomic E-state index is 0.0510. The molecule has 31 heavy (non-hydrogen) atoms. The Morgan fingerprint density at radius 1 is 1.19 bits per heavy atom. The van der Waals surface area contributed by atoms with E-state index < -0.39 is 5.97 Å². The molecule has 0 aliphatic heterocycles. The molecule has 9 heteroatoms. The predicted molar refractivity (Wildman–Crippen MR) is 119 cm³/mol. The predicted octanol–water partition coefficient (Wildman–Crippen LogP) is 2.76. The first-order valence-electron chi connectivity index (χ1n) is 9.55. The summed E-state index contributed by atoms with van der Waals surface area (Å²) >= 11 is 3.33. The molecule has 0 atom stereocenters. The van der Waals surface area contributed by atoms with Gasteiger partial charge in [-0.25, -0.2) is 4.98 Å². The van der Waals surface area contributed by atoms with Crippen molar-refractivity contribution in [1.82, 2.24) is 14.5 Å². The molecule has 0 saturated heterocycles. The largest absolute Gasteiger partial charge is 0.496 e. The second-order valence-electron chi connectivity index (χ2n) is 6.88. The van der Waals surface area contributed by atoms with Gasteiger partial charge in [0.05, 0.1) is 30.8 Å². The monoisotopic (exact) mass is 487 g/mol. The first kappa shape index (κ1) is 22.5. The molecule has 1 aromatic heterocycles. The fourth-order valence-corrected chi connectivity index (χ4v) is 3.37. The number of hydrogen-bond acceptors (Lipinski definition) is 6. The number of fused-ring (bicyclic) bond motifs is 1. The Morgan fingerprint density at radius 2 is 1.97 bits per heavy atom. The summed E-state index contributed by atoms with van der Waals surface area (Å²) in [6.45, 7) is 0.0643. The Balaban J connectivity index is 1.52. The molecule has 0 fully saturated rings. The maximum absolute atomic E-state index is 12.6. The van der Waals surface area contributed by atoms with Gasteiger partial charge in [0.25, 0.3) is 11.5 Å². The lowest BCUT2D eigenvalue weighted by Crippen LogP contribution is -2.31. The third kappa shape index (κ3) is 5.69. The summed E-state index contributed by atoms with van der Waals surface area (Å²) in [5.41, 5.74) is 1.18. The van der Waals surface area contributed by atoms with Gasteiger partial charge in [-0.05, 0) is 24.3 Å². The van der Waals surface area contributed by atoms with Gasteiger partial charge in [0.1, 0.15) is 5.75 Å². The molecular formula is C22H22BrN3O5. The second-order valence-corrected chi connectivity index (χ2v) is 7.79. The highest BCUT2D eigenvalue weighted by atomic mass is 79.9.